The zero-order chi connectivity index (χ0) is 30.8. The number of nitriles is 2. The summed E-state index contributed by atoms with van der Waals surface area (Å²) in [6, 6.07) is 22.0. The molecule has 0 aliphatic carbocycles. The predicted octanol–water partition coefficient (Wildman–Crippen LogP) is 5.95. The first-order valence-electron chi connectivity index (χ1n) is 12.8. The van der Waals surface area contributed by atoms with E-state index in [4.69, 9.17) is 19.8 Å². The van der Waals surface area contributed by atoms with Gasteiger partial charge in [-0.1, -0.05) is 28.1 Å². The average Bonchev–Trinajstić information content (AvgIpc) is 3.24. The monoisotopic (exact) mass is 622 g/mol. The molecule has 1 aliphatic rings. The maximum absolute atomic E-state index is 10.7. The van der Waals surface area contributed by atoms with Crippen LogP contribution in [0.1, 0.15) is 59.5 Å². The Morgan fingerprint density at radius 1 is 0.714 bits per heavy atom. The topological polar surface area (TPSA) is 126 Å². The van der Waals surface area contributed by atoms with Crippen molar-refractivity contribution in [2.75, 3.05) is 0 Å². The molecule has 10 heteroatoms. The zero-order valence-electron chi connectivity index (χ0n) is 23.6. The number of aldehydes is 2. The lowest BCUT2D eigenvalue weighted by Gasteiger charge is -2.32. The molecule has 1 saturated heterocycles. The molecule has 0 bridgehead atoms. The van der Waals surface area contributed by atoms with Gasteiger partial charge in [-0.05, 0) is 81.8 Å². The third-order valence-corrected chi connectivity index (χ3v) is 7.19. The third kappa shape index (κ3) is 8.51. The van der Waals surface area contributed by atoms with Gasteiger partial charge in [0.1, 0.15) is 0 Å². The van der Waals surface area contributed by atoms with Crippen LogP contribution in [-0.4, -0.2) is 40.9 Å². The van der Waals surface area contributed by atoms with Crippen LogP contribution < -0.4 is 5.46 Å². The van der Waals surface area contributed by atoms with E-state index in [1.165, 1.54) is 12.4 Å². The molecule has 0 unspecified atom stereocenters. The summed E-state index contributed by atoms with van der Waals surface area (Å²) < 4.78 is 12.7. The second kappa shape index (κ2) is 14.4. The van der Waals surface area contributed by atoms with Crippen LogP contribution >= 0.6 is 15.9 Å². The van der Waals surface area contributed by atoms with Crippen LogP contribution in [0.25, 0.3) is 11.1 Å². The maximum Gasteiger partial charge on any atom is 0.496 e. The van der Waals surface area contributed by atoms with Gasteiger partial charge in [0.2, 0.25) is 0 Å². The van der Waals surface area contributed by atoms with E-state index < -0.39 is 7.12 Å². The summed E-state index contributed by atoms with van der Waals surface area (Å²) in [5, 5.41) is 17.0. The molecular formula is C32H28BBrN4O4. The first kappa shape index (κ1) is 32.0. The molecule has 3 heterocycles. The van der Waals surface area contributed by atoms with E-state index in [0.717, 1.165) is 33.6 Å². The number of benzene rings is 2. The van der Waals surface area contributed by atoms with E-state index in [1.807, 2.05) is 58.0 Å². The molecule has 0 radical (unpaired) electrons. The van der Waals surface area contributed by atoms with Crippen molar-refractivity contribution in [1.29, 1.82) is 10.5 Å². The van der Waals surface area contributed by atoms with Crippen molar-refractivity contribution in [1.82, 2.24) is 9.97 Å². The number of hydrogen-bond donors (Lipinski definition) is 0. The van der Waals surface area contributed by atoms with Crippen molar-refractivity contribution in [2.24, 2.45) is 0 Å². The number of rotatable bonds is 4. The highest BCUT2D eigenvalue weighted by Gasteiger charge is 2.51. The van der Waals surface area contributed by atoms with E-state index in [9.17, 15) is 9.59 Å². The van der Waals surface area contributed by atoms with E-state index >= 15 is 0 Å². The predicted molar refractivity (Wildman–Crippen MR) is 164 cm³/mol. The molecule has 42 heavy (non-hydrogen) atoms. The van der Waals surface area contributed by atoms with Crippen molar-refractivity contribution in [3.05, 3.63) is 112 Å². The van der Waals surface area contributed by atoms with Crippen LogP contribution in [0, 0.1) is 22.7 Å². The Balaban J connectivity index is 0.000000181. The number of hydrogen-bond acceptors (Lipinski definition) is 8. The van der Waals surface area contributed by atoms with Crippen LogP contribution in [0.3, 0.4) is 0 Å². The zero-order valence-corrected chi connectivity index (χ0v) is 25.2. The van der Waals surface area contributed by atoms with Crippen LogP contribution in [0.4, 0.5) is 0 Å². The van der Waals surface area contributed by atoms with Gasteiger partial charge in [-0.2, -0.15) is 10.5 Å². The van der Waals surface area contributed by atoms with Gasteiger partial charge in [0.05, 0.1) is 34.5 Å². The lowest BCUT2D eigenvalue weighted by Crippen LogP contribution is -2.41. The molecule has 1 fully saturated rings. The fraction of sp³-hybridized carbons (Fsp3) is 0.188. The molecule has 8 nitrogen and oxygen atoms in total. The van der Waals surface area contributed by atoms with E-state index in [2.05, 4.69) is 32.0 Å². The Hall–Kier alpha value is -4.48. The third-order valence-electron chi connectivity index (χ3n) is 6.66. The first-order valence-corrected chi connectivity index (χ1v) is 13.6. The molecule has 0 N–H and O–H groups in total. The molecule has 0 atom stereocenters. The number of carbonyl (C=O) groups is 2. The minimum atomic E-state index is -0.465. The van der Waals surface area contributed by atoms with Gasteiger partial charge in [-0.3, -0.25) is 19.6 Å². The molecule has 210 valence electrons. The van der Waals surface area contributed by atoms with Gasteiger partial charge in [0, 0.05) is 51.4 Å². The summed E-state index contributed by atoms with van der Waals surface area (Å²) >= 11 is 3.27. The van der Waals surface area contributed by atoms with Gasteiger partial charge < -0.3 is 9.31 Å². The Bertz CT molecular complexity index is 1600. The fourth-order valence-corrected chi connectivity index (χ4v) is 3.85. The Morgan fingerprint density at radius 2 is 1.19 bits per heavy atom. The molecule has 0 spiro atoms. The Labute approximate surface area is 254 Å². The fourth-order valence-electron chi connectivity index (χ4n) is 3.59. The van der Waals surface area contributed by atoms with Crippen LogP contribution in [0.5, 0.6) is 0 Å². The number of nitrogens with zero attached hydrogens (tertiary/aromatic N) is 4. The number of aromatic nitrogens is 2. The summed E-state index contributed by atoms with van der Waals surface area (Å²) in [6.07, 6.45) is 7.91. The lowest BCUT2D eigenvalue weighted by molar-refractivity contribution is 0.00578. The first-order chi connectivity index (χ1) is 20.0. The highest BCUT2D eigenvalue weighted by molar-refractivity contribution is 9.10. The Morgan fingerprint density at radius 3 is 1.69 bits per heavy atom. The molecule has 4 aromatic rings. The number of pyridine rings is 2. The summed E-state index contributed by atoms with van der Waals surface area (Å²) in [7, 11) is -0.465. The van der Waals surface area contributed by atoms with Gasteiger partial charge in [0.15, 0.2) is 12.6 Å². The minimum Gasteiger partial charge on any atom is -0.399 e. The van der Waals surface area contributed by atoms with Gasteiger partial charge in [0.25, 0.3) is 0 Å². The standard InChI is InChI=1S/C13H8N2O.C12H16BNO3.C7H4BrN/c14-6-10-1-3-12(4-2-10)13-5-11(9-16)7-15-8-13;1-11(2)12(3,4)17-13(16-11)10-5-9(8-15)6-14-7-10;8-7-3-1-6(5-9)2-4-7/h1-5,7-9H;5-8H,1-4H3;1-4H. The van der Waals surface area contributed by atoms with Crippen molar-refractivity contribution in [2.45, 2.75) is 38.9 Å². The molecule has 2 aromatic heterocycles. The van der Waals surface area contributed by atoms with Gasteiger partial charge >= 0.3 is 7.12 Å². The summed E-state index contributed by atoms with van der Waals surface area (Å²) in [5.74, 6) is 0. The van der Waals surface area contributed by atoms with Crippen LogP contribution in [0.2, 0.25) is 0 Å². The smallest absolute Gasteiger partial charge is 0.399 e. The largest absolute Gasteiger partial charge is 0.496 e. The molecule has 2 aromatic carbocycles. The quantitative estimate of drug-likeness (QED) is 0.202. The second-order valence-electron chi connectivity index (χ2n) is 10.2. The van der Waals surface area contributed by atoms with Crippen LogP contribution in [-0.2, 0) is 9.31 Å². The average molecular weight is 623 g/mol. The van der Waals surface area contributed by atoms with Gasteiger partial charge in [-0.15, -0.1) is 0 Å². The molecule has 5 rings (SSSR count). The summed E-state index contributed by atoms with van der Waals surface area (Å²) in [5.41, 5.74) is 4.20. The Kier molecular flexibility index (Phi) is 11.0. The number of halogens is 1. The highest BCUT2D eigenvalue weighted by Crippen LogP contribution is 2.36. The second-order valence-corrected chi connectivity index (χ2v) is 11.1. The van der Waals surface area contributed by atoms with E-state index in [-0.39, 0.29) is 11.2 Å². The van der Waals surface area contributed by atoms with Crippen molar-refractivity contribution in [3.8, 4) is 23.3 Å². The SMILES string of the molecule is CC1(C)OB(c2cncc(C=O)c2)OC1(C)C.N#Cc1ccc(-c2cncc(C=O)c2)cc1.N#Cc1ccc(Br)cc1. The normalized spacial score (nSPS) is 14.1. The van der Waals surface area contributed by atoms with Crippen molar-refractivity contribution in [3.63, 3.8) is 0 Å². The van der Waals surface area contributed by atoms with Gasteiger partial charge in [-0.25, -0.2) is 0 Å². The van der Waals surface area contributed by atoms with Crippen molar-refractivity contribution >= 4 is 41.1 Å². The van der Waals surface area contributed by atoms with E-state index in [0.29, 0.717) is 22.3 Å². The van der Waals surface area contributed by atoms with Crippen molar-refractivity contribution < 1.29 is 18.9 Å². The summed E-state index contributed by atoms with van der Waals surface area (Å²) in [4.78, 5) is 29.3. The maximum atomic E-state index is 10.7. The van der Waals surface area contributed by atoms with E-state index in [1.54, 1.807) is 48.8 Å². The minimum absolute atomic E-state index is 0.380. The molecule has 1 aliphatic heterocycles. The number of carbonyl (C=O) groups excluding carboxylic acids is 2. The summed E-state index contributed by atoms with van der Waals surface area (Å²) in [6.45, 7) is 7.96. The highest BCUT2D eigenvalue weighted by atomic mass is 79.9. The molecule has 0 amide bonds. The lowest BCUT2D eigenvalue weighted by atomic mass is 9.80. The molecule has 0 saturated carbocycles. The van der Waals surface area contributed by atoms with Crippen LogP contribution in [0.15, 0.2) is 89.9 Å². The molecular weight excluding hydrogens is 595 g/mol.